The van der Waals surface area contributed by atoms with Crippen molar-refractivity contribution in [3.63, 3.8) is 0 Å². The molecule has 1 saturated carbocycles. The lowest BCUT2D eigenvalue weighted by atomic mass is 10.0. The van der Waals surface area contributed by atoms with Gasteiger partial charge in [0.2, 0.25) is 0 Å². The first-order valence-corrected chi connectivity index (χ1v) is 13.6. The van der Waals surface area contributed by atoms with Gasteiger partial charge < -0.3 is 19.7 Å². The minimum atomic E-state index is -0.539. The second-order valence-electron chi connectivity index (χ2n) is 11.0. The lowest BCUT2D eigenvalue weighted by Gasteiger charge is -2.27. The monoisotopic (exact) mass is 517 g/mol. The van der Waals surface area contributed by atoms with Crippen LogP contribution in [0.25, 0.3) is 10.4 Å². The van der Waals surface area contributed by atoms with Gasteiger partial charge in [0.25, 0.3) is 5.91 Å². The summed E-state index contributed by atoms with van der Waals surface area (Å²) >= 11 is 1.55. The number of carbonyl (C=O) groups is 2. The molecule has 3 atom stereocenters. The van der Waals surface area contributed by atoms with Crippen LogP contribution in [0, 0.1) is 25.7 Å². The van der Waals surface area contributed by atoms with E-state index in [1.807, 2.05) is 62.9 Å². The summed E-state index contributed by atoms with van der Waals surface area (Å²) in [7, 11) is 0. The molecule has 192 valence electrons. The number of rotatable bonds is 5. The lowest BCUT2D eigenvalue weighted by Crippen LogP contribution is -2.46. The van der Waals surface area contributed by atoms with Crippen molar-refractivity contribution in [3.8, 4) is 21.9 Å². The Morgan fingerprint density at radius 3 is 2.84 bits per heavy atom. The number of nitrogens with one attached hydrogen (secondary N) is 1. The third-order valence-corrected chi connectivity index (χ3v) is 8.51. The van der Waals surface area contributed by atoms with Gasteiger partial charge in [0.1, 0.15) is 11.3 Å². The molecule has 8 heteroatoms. The molecule has 0 unspecified atom stereocenters. The largest absolute Gasteiger partial charge is 0.483 e. The van der Waals surface area contributed by atoms with Gasteiger partial charge in [-0.15, -0.1) is 11.3 Å². The maximum atomic E-state index is 13.8. The number of ether oxygens (including phenoxy) is 2. The minimum absolute atomic E-state index is 0.0651. The Morgan fingerprint density at radius 1 is 1.22 bits per heavy atom. The van der Waals surface area contributed by atoms with Crippen molar-refractivity contribution >= 4 is 23.3 Å². The predicted molar refractivity (Wildman–Crippen MR) is 142 cm³/mol. The Labute approximate surface area is 220 Å². The molecule has 3 aromatic rings. The van der Waals surface area contributed by atoms with E-state index in [9.17, 15) is 9.59 Å². The number of benzene rings is 2. The van der Waals surface area contributed by atoms with Crippen molar-refractivity contribution in [2.24, 2.45) is 11.8 Å². The van der Waals surface area contributed by atoms with Crippen LogP contribution >= 0.6 is 11.3 Å². The van der Waals surface area contributed by atoms with Gasteiger partial charge in [-0.3, -0.25) is 4.79 Å². The van der Waals surface area contributed by atoms with E-state index in [4.69, 9.17) is 9.47 Å². The third kappa shape index (κ3) is 4.59. The van der Waals surface area contributed by atoms with Crippen molar-refractivity contribution in [2.45, 2.75) is 52.2 Å². The topological polar surface area (TPSA) is 80.8 Å². The molecular formula is C29H31N3O4S. The minimum Gasteiger partial charge on any atom is -0.483 e. The van der Waals surface area contributed by atoms with Gasteiger partial charge in [0.05, 0.1) is 15.9 Å². The van der Waals surface area contributed by atoms with Crippen molar-refractivity contribution in [3.05, 3.63) is 64.3 Å². The van der Waals surface area contributed by atoms with Crippen LogP contribution in [0.1, 0.15) is 46.9 Å². The van der Waals surface area contributed by atoms with E-state index in [1.165, 1.54) is 0 Å². The fraction of sp³-hybridized carbons (Fsp3) is 0.414. The summed E-state index contributed by atoms with van der Waals surface area (Å²) in [5.41, 5.74) is 3.36. The van der Waals surface area contributed by atoms with Crippen molar-refractivity contribution in [1.29, 1.82) is 0 Å². The highest BCUT2D eigenvalue weighted by atomic mass is 32.1. The Bertz CT molecular complexity index is 1400. The van der Waals surface area contributed by atoms with Crippen LogP contribution in [0.2, 0.25) is 0 Å². The number of nitrogens with zero attached hydrogens (tertiary/aromatic N) is 2. The fourth-order valence-electron chi connectivity index (χ4n) is 5.75. The lowest BCUT2D eigenvalue weighted by molar-refractivity contribution is 0.0700. The summed E-state index contributed by atoms with van der Waals surface area (Å²) in [5.74, 6) is 1.87. The van der Waals surface area contributed by atoms with Crippen LogP contribution in [0.4, 0.5) is 4.79 Å². The van der Waals surface area contributed by atoms with E-state index < -0.39 is 6.09 Å². The highest BCUT2D eigenvalue weighted by Gasteiger charge is 2.54. The molecule has 3 heterocycles. The zero-order valence-corrected chi connectivity index (χ0v) is 22.4. The number of carbonyl (C=O) groups excluding carboxylic acids is 2. The zero-order chi connectivity index (χ0) is 25.9. The van der Waals surface area contributed by atoms with Crippen LogP contribution in [0.3, 0.4) is 0 Å². The quantitative estimate of drug-likeness (QED) is 0.491. The van der Waals surface area contributed by atoms with Gasteiger partial charge >= 0.3 is 6.09 Å². The predicted octanol–water partition coefficient (Wildman–Crippen LogP) is 5.39. The van der Waals surface area contributed by atoms with Gasteiger partial charge in [-0.1, -0.05) is 42.0 Å². The number of hydrogen-bond donors (Lipinski definition) is 1. The van der Waals surface area contributed by atoms with Gasteiger partial charge in [0.15, 0.2) is 11.5 Å². The van der Waals surface area contributed by atoms with Crippen LogP contribution in [0.5, 0.6) is 11.5 Å². The molecule has 1 N–H and O–H groups in total. The molecule has 0 radical (unpaired) electrons. The molecule has 7 nitrogen and oxygen atoms in total. The van der Waals surface area contributed by atoms with Crippen molar-refractivity contribution in [2.75, 3.05) is 13.1 Å². The number of para-hydroxylation sites is 1. The molecular weight excluding hydrogens is 486 g/mol. The second-order valence-corrected chi connectivity index (χ2v) is 12.2. The number of thiazole rings is 1. The first kappa shape index (κ1) is 24.0. The maximum absolute atomic E-state index is 13.8. The van der Waals surface area contributed by atoms with Gasteiger partial charge in [-0.05, 0) is 57.6 Å². The summed E-state index contributed by atoms with van der Waals surface area (Å²) in [4.78, 5) is 34.0. The van der Waals surface area contributed by atoms with Gasteiger partial charge in [-0.25, -0.2) is 9.78 Å². The number of hydrogen-bond acceptors (Lipinski definition) is 6. The van der Waals surface area contributed by atoms with Crippen LogP contribution < -0.4 is 14.8 Å². The fourth-order valence-corrected chi connectivity index (χ4v) is 6.65. The molecule has 0 bridgehead atoms. The highest BCUT2D eigenvalue weighted by Crippen LogP contribution is 2.50. The summed E-state index contributed by atoms with van der Waals surface area (Å²) in [6.07, 6.45) is 1.31. The third-order valence-electron chi connectivity index (χ3n) is 7.49. The van der Waals surface area contributed by atoms with E-state index in [0.717, 1.165) is 39.4 Å². The Morgan fingerprint density at radius 2 is 2.03 bits per heavy atom. The number of amides is 2. The van der Waals surface area contributed by atoms with Crippen LogP contribution in [-0.4, -0.2) is 46.6 Å². The molecule has 1 aromatic heterocycles. The van der Waals surface area contributed by atoms with Crippen LogP contribution in [-0.2, 0) is 6.42 Å². The number of aromatic nitrogens is 1. The first-order chi connectivity index (χ1) is 17.7. The van der Waals surface area contributed by atoms with Gasteiger partial charge in [-0.2, -0.15) is 0 Å². The Hall–Kier alpha value is -3.39. The highest BCUT2D eigenvalue weighted by molar-refractivity contribution is 7.15. The summed E-state index contributed by atoms with van der Waals surface area (Å²) in [6, 6.07) is 13.7. The van der Waals surface area contributed by atoms with E-state index in [2.05, 4.69) is 16.4 Å². The SMILES string of the molecule is Cc1cccc(-c2sc(C)nc2C(=O)N2C[C@@H]3C[C@@H]3[C@H]2CNC(=O)Oc2cccc3c2OC(C)(C)C3)c1. The molecule has 1 saturated heterocycles. The summed E-state index contributed by atoms with van der Waals surface area (Å²) in [6.45, 7) is 9.05. The number of likely N-dealkylation sites (tertiary alicyclic amines) is 1. The molecule has 37 heavy (non-hydrogen) atoms. The number of fused-ring (bicyclic) bond motifs is 2. The standard InChI is InChI=1S/C29H31N3O4S/c1-16-7-5-8-18(11-16)26-24(31-17(2)37-26)27(33)32-15-20-12-21(20)22(32)14-30-28(34)35-23-10-6-9-19-13-29(3,4)36-25(19)23/h5-11,20-22H,12-15H2,1-4H3,(H,30,34)/t20-,21-,22+/m0/s1. The van der Waals surface area contributed by atoms with E-state index >= 15 is 0 Å². The average molecular weight is 518 g/mol. The molecule has 2 aromatic carbocycles. The van der Waals surface area contributed by atoms with Crippen molar-refractivity contribution < 1.29 is 19.1 Å². The average Bonchev–Trinajstić information content (AvgIpc) is 3.17. The van der Waals surface area contributed by atoms with E-state index in [0.29, 0.717) is 42.1 Å². The molecule has 1 aliphatic carbocycles. The number of piperidine rings is 1. The van der Waals surface area contributed by atoms with Crippen LogP contribution in [0.15, 0.2) is 42.5 Å². The Balaban J connectivity index is 1.16. The molecule has 3 aliphatic rings. The zero-order valence-electron chi connectivity index (χ0n) is 21.5. The van der Waals surface area contributed by atoms with E-state index in [-0.39, 0.29) is 17.6 Å². The summed E-state index contributed by atoms with van der Waals surface area (Å²) in [5, 5.41) is 3.77. The van der Waals surface area contributed by atoms with Crippen molar-refractivity contribution in [1.82, 2.24) is 15.2 Å². The molecule has 0 spiro atoms. The Kier molecular flexibility index (Phi) is 5.75. The molecule has 2 amide bonds. The normalized spacial score (nSPS) is 22.7. The molecule has 6 rings (SSSR count). The molecule has 2 aliphatic heterocycles. The smallest absolute Gasteiger partial charge is 0.412 e. The van der Waals surface area contributed by atoms with E-state index in [1.54, 1.807) is 17.4 Å². The van der Waals surface area contributed by atoms with Gasteiger partial charge in [0, 0.05) is 25.1 Å². The first-order valence-electron chi connectivity index (χ1n) is 12.8. The second kappa shape index (κ2) is 8.87. The maximum Gasteiger partial charge on any atom is 0.412 e. The number of aryl methyl sites for hydroxylation is 2. The summed E-state index contributed by atoms with van der Waals surface area (Å²) < 4.78 is 11.7. The molecule has 2 fully saturated rings.